The van der Waals surface area contributed by atoms with Gasteiger partial charge in [0.1, 0.15) is 5.75 Å². The number of methoxy groups -OCH3 is 1. The lowest BCUT2D eigenvalue weighted by Crippen LogP contribution is -2.37. The number of hydrogen-bond donors (Lipinski definition) is 2. The van der Waals surface area contributed by atoms with Gasteiger partial charge in [0, 0.05) is 38.7 Å². The van der Waals surface area contributed by atoms with Gasteiger partial charge in [0.15, 0.2) is 11.8 Å². The second-order valence-corrected chi connectivity index (χ2v) is 6.79. The monoisotopic (exact) mass is 520 g/mol. The average Bonchev–Trinajstić information content (AvgIpc) is 3.31. The highest BCUT2D eigenvalue weighted by molar-refractivity contribution is 14.0. The van der Waals surface area contributed by atoms with Crippen LogP contribution in [0.25, 0.3) is 5.82 Å². The van der Waals surface area contributed by atoms with Crippen molar-refractivity contribution in [2.45, 2.75) is 25.8 Å². The summed E-state index contributed by atoms with van der Waals surface area (Å²) < 4.78 is 6.97. The van der Waals surface area contributed by atoms with E-state index in [-0.39, 0.29) is 24.0 Å². The molecule has 1 atom stereocenters. The molecule has 2 N–H and O–H groups in total. The predicted octanol–water partition coefficient (Wildman–Crippen LogP) is 3.75. The summed E-state index contributed by atoms with van der Waals surface area (Å²) in [5.74, 6) is 2.91. The molecule has 2 heterocycles. The Labute approximate surface area is 195 Å². The largest absolute Gasteiger partial charge is 0.497 e. The van der Waals surface area contributed by atoms with E-state index in [9.17, 15) is 0 Å². The summed E-state index contributed by atoms with van der Waals surface area (Å²) in [6.07, 6.45) is 6.42. The van der Waals surface area contributed by atoms with Gasteiger partial charge in [-0.25, -0.2) is 9.67 Å². The Morgan fingerprint density at radius 2 is 1.97 bits per heavy atom. The molecule has 0 aliphatic carbocycles. The third-order valence-electron chi connectivity index (χ3n) is 4.79. The van der Waals surface area contributed by atoms with Gasteiger partial charge < -0.3 is 15.4 Å². The molecule has 30 heavy (non-hydrogen) atoms. The average molecular weight is 520 g/mol. The highest BCUT2D eigenvalue weighted by Crippen LogP contribution is 2.21. The zero-order valence-corrected chi connectivity index (χ0v) is 19.9. The molecule has 0 aliphatic rings. The molecule has 0 saturated carbocycles. The molecular weight excluding hydrogens is 491 g/mol. The van der Waals surface area contributed by atoms with Gasteiger partial charge in [-0.3, -0.25) is 4.99 Å². The van der Waals surface area contributed by atoms with E-state index < -0.39 is 0 Å². The number of benzene rings is 1. The Morgan fingerprint density at radius 1 is 1.17 bits per heavy atom. The van der Waals surface area contributed by atoms with Crippen LogP contribution in [0.1, 0.15) is 30.4 Å². The first-order chi connectivity index (χ1) is 14.2. The molecule has 0 spiro atoms. The molecule has 2 aromatic heterocycles. The van der Waals surface area contributed by atoms with E-state index in [1.807, 2.05) is 36.5 Å². The zero-order valence-electron chi connectivity index (χ0n) is 17.6. The Kier molecular flexibility index (Phi) is 9.59. The van der Waals surface area contributed by atoms with Crippen molar-refractivity contribution in [2.24, 2.45) is 4.99 Å². The maximum atomic E-state index is 5.22. The van der Waals surface area contributed by atoms with Gasteiger partial charge in [0.05, 0.1) is 7.11 Å². The normalized spacial score (nSPS) is 12.0. The highest BCUT2D eigenvalue weighted by atomic mass is 127. The first-order valence-corrected chi connectivity index (χ1v) is 9.73. The fourth-order valence-corrected chi connectivity index (χ4v) is 3.01. The topological polar surface area (TPSA) is 76.4 Å². The quantitative estimate of drug-likeness (QED) is 0.269. The molecule has 3 rings (SSSR count). The van der Waals surface area contributed by atoms with Crippen LogP contribution in [0.3, 0.4) is 0 Å². The van der Waals surface area contributed by atoms with Crippen molar-refractivity contribution >= 4 is 29.9 Å². The maximum Gasteiger partial charge on any atom is 0.191 e. The van der Waals surface area contributed by atoms with Crippen LogP contribution in [0.4, 0.5) is 0 Å². The molecule has 1 unspecified atom stereocenters. The summed E-state index contributed by atoms with van der Waals surface area (Å²) in [6, 6.07) is 14.1. The molecule has 0 aliphatic heterocycles. The van der Waals surface area contributed by atoms with Crippen LogP contribution in [0, 0.1) is 0 Å². The number of nitrogens with zero attached hydrogens (tertiary/aromatic N) is 4. The van der Waals surface area contributed by atoms with E-state index in [2.05, 4.69) is 44.8 Å². The number of aliphatic imine (C=N–C) groups is 1. The molecule has 7 nitrogen and oxygen atoms in total. The maximum absolute atomic E-state index is 5.22. The van der Waals surface area contributed by atoms with E-state index in [1.165, 1.54) is 5.56 Å². The van der Waals surface area contributed by atoms with Crippen LogP contribution in [0.2, 0.25) is 0 Å². The lowest BCUT2D eigenvalue weighted by Gasteiger charge is -2.15. The number of pyridine rings is 1. The van der Waals surface area contributed by atoms with E-state index in [4.69, 9.17) is 4.74 Å². The molecular formula is C22H29IN6O. The van der Waals surface area contributed by atoms with Crippen LogP contribution in [-0.2, 0) is 6.54 Å². The third-order valence-corrected chi connectivity index (χ3v) is 4.79. The summed E-state index contributed by atoms with van der Waals surface area (Å²) in [7, 11) is 3.47. The fraction of sp³-hybridized carbons (Fsp3) is 0.318. The van der Waals surface area contributed by atoms with E-state index in [0.717, 1.165) is 36.1 Å². The Bertz CT molecular complexity index is 912. The highest BCUT2D eigenvalue weighted by Gasteiger charge is 2.07. The minimum Gasteiger partial charge on any atom is -0.497 e. The number of hydrogen-bond acceptors (Lipinski definition) is 4. The lowest BCUT2D eigenvalue weighted by molar-refractivity contribution is 0.414. The Hall–Kier alpha value is -2.62. The summed E-state index contributed by atoms with van der Waals surface area (Å²) in [5, 5.41) is 11.0. The molecule has 1 aromatic carbocycles. The SMILES string of the molecule is CN=C(NCCC(C)c1ccc(OC)cc1)NCc1ccnc(-n2cccn2)c1.I. The van der Waals surface area contributed by atoms with Crippen LogP contribution in [0.5, 0.6) is 5.75 Å². The number of halogens is 1. The minimum absolute atomic E-state index is 0. The summed E-state index contributed by atoms with van der Waals surface area (Å²) in [6.45, 7) is 3.72. The van der Waals surface area contributed by atoms with Crippen LogP contribution < -0.4 is 15.4 Å². The number of guanidine groups is 1. The zero-order chi connectivity index (χ0) is 20.5. The van der Waals surface area contributed by atoms with Gasteiger partial charge in [-0.1, -0.05) is 19.1 Å². The second-order valence-electron chi connectivity index (χ2n) is 6.79. The summed E-state index contributed by atoms with van der Waals surface area (Å²) in [5.41, 5.74) is 2.42. The van der Waals surface area contributed by atoms with E-state index in [0.29, 0.717) is 12.5 Å². The van der Waals surface area contributed by atoms with Crippen molar-refractivity contribution in [1.82, 2.24) is 25.4 Å². The molecule has 0 fully saturated rings. The van der Waals surface area contributed by atoms with Crippen molar-refractivity contribution in [3.05, 3.63) is 72.2 Å². The van der Waals surface area contributed by atoms with Gasteiger partial charge in [-0.05, 0) is 53.8 Å². The number of aromatic nitrogens is 3. The molecule has 0 radical (unpaired) electrons. The van der Waals surface area contributed by atoms with Crippen LogP contribution >= 0.6 is 24.0 Å². The molecule has 160 valence electrons. The molecule has 8 heteroatoms. The summed E-state index contributed by atoms with van der Waals surface area (Å²) >= 11 is 0. The van der Waals surface area contributed by atoms with Gasteiger partial charge in [0.2, 0.25) is 0 Å². The van der Waals surface area contributed by atoms with Crippen molar-refractivity contribution in [2.75, 3.05) is 20.7 Å². The predicted molar refractivity (Wildman–Crippen MR) is 131 cm³/mol. The van der Waals surface area contributed by atoms with Gasteiger partial charge >= 0.3 is 0 Å². The van der Waals surface area contributed by atoms with Crippen molar-refractivity contribution in [3.8, 4) is 11.6 Å². The summed E-state index contributed by atoms with van der Waals surface area (Å²) in [4.78, 5) is 8.67. The number of ether oxygens (including phenoxy) is 1. The first kappa shape index (κ1) is 23.7. The Morgan fingerprint density at radius 3 is 2.63 bits per heavy atom. The third kappa shape index (κ3) is 6.72. The van der Waals surface area contributed by atoms with Crippen LogP contribution in [0.15, 0.2) is 66.0 Å². The van der Waals surface area contributed by atoms with E-state index in [1.54, 1.807) is 31.2 Å². The minimum atomic E-state index is 0. The Balaban J connectivity index is 0.00000320. The number of rotatable bonds is 8. The number of nitrogens with one attached hydrogen (secondary N) is 2. The second kappa shape index (κ2) is 12.2. The molecule has 0 bridgehead atoms. The first-order valence-electron chi connectivity index (χ1n) is 9.73. The van der Waals surface area contributed by atoms with E-state index >= 15 is 0 Å². The fourth-order valence-electron chi connectivity index (χ4n) is 3.01. The molecule has 0 saturated heterocycles. The van der Waals surface area contributed by atoms with Gasteiger partial charge in [-0.15, -0.1) is 24.0 Å². The molecule has 3 aromatic rings. The van der Waals surface area contributed by atoms with Gasteiger partial charge in [-0.2, -0.15) is 5.10 Å². The standard InChI is InChI=1S/C22H28N6O.HI/c1-17(19-5-7-20(29-3)8-6-19)9-12-25-22(23-2)26-16-18-10-13-24-21(15-18)28-14-4-11-27-28;/h4-8,10-11,13-15,17H,9,12,16H2,1-3H3,(H2,23,25,26);1H. The van der Waals surface area contributed by atoms with Gasteiger partial charge in [0.25, 0.3) is 0 Å². The van der Waals surface area contributed by atoms with Crippen molar-refractivity contribution in [1.29, 1.82) is 0 Å². The smallest absolute Gasteiger partial charge is 0.191 e. The lowest BCUT2D eigenvalue weighted by atomic mass is 9.98. The van der Waals surface area contributed by atoms with Crippen LogP contribution in [-0.4, -0.2) is 41.4 Å². The van der Waals surface area contributed by atoms with Crippen molar-refractivity contribution < 1.29 is 4.74 Å². The van der Waals surface area contributed by atoms with Crippen molar-refractivity contribution in [3.63, 3.8) is 0 Å². The molecule has 0 amide bonds.